The molecule has 1 N–H and O–H groups in total. The van der Waals surface area contributed by atoms with Gasteiger partial charge in [-0.2, -0.15) is 4.31 Å². The van der Waals surface area contributed by atoms with Crippen LogP contribution in [0.5, 0.6) is 0 Å². The smallest absolute Gasteiger partial charge is 0.244 e. The molecule has 0 atom stereocenters. The topological polar surface area (TPSA) is 49.4 Å². The molecule has 0 spiro atoms. The van der Waals surface area contributed by atoms with Crippen LogP contribution in [0.4, 0.5) is 0 Å². The highest BCUT2D eigenvalue weighted by molar-refractivity contribution is 7.89. The van der Waals surface area contributed by atoms with Crippen LogP contribution in [-0.4, -0.2) is 31.9 Å². The summed E-state index contributed by atoms with van der Waals surface area (Å²) in [5.41, 5.74) is 0. The van der Waals surface area contributed by atoms with Gasteiger partial charge in [0.15, 0.2) is 0 Å². The molecule has 21 heavy (non-hydrogen) atoms. The summed E-state index contributed by atoms with van der Waals surface area (Å²) in [7, 11) is -3.41. The van der Waals surface area contributed by atoms with E-state index in [0.29, 0.717) is 24.0 Å². The van der Waals surface area contributed by atoms with Crippen molar-refractivity contribution in [2.75, 3.05) is 13.1 Å². The van der Waals surface area contributed by atoms with Crippen LogP contribution in [0, 0.1) is 6.92 Å². The molecule has 0 unspecified atom stereocenters. The first kappa shape index (κ1) is 16.7. The summed E-state index contributed by atoms with van der Waals surface area (Å²) in [4.78, 5) is 2.41. The van der Waals surface area contributed by atoms with Gasteiger partial charge < -0.3 is 5.32 Å². The fourth-order valence-electron chi connectivity index (χ4n) is 2.24. The Bertz CT molecular complexity index is 589. The normalized spacial score (nSPS) is 15.6. The molecular weight excluding hydrogens is 304 g/mol. The molecule has 0 amide bonds. The van der Waals surface area contributed by atoms with E-state index in [1.54, 1.807) is 17.4 Å². The van der Waals surface area contributed by atoms with E-state index in [2.05, 4.69) is 11.9 Å². The fourth-order valence-corrected chi connectivity index (χ4v) is 5.30. The molecule has 1 aliphatic carbocycles. The van der Waals surface area contributed by atoms with Crippen molar-refractivity contribution in [1.29, 1.82) is 0 Å². The molecule has 0 saturated heterocycles. The molecule has 2 rings (SSSR count). The van der Waals surface area contributed by atoms with E-state index in [1.807, 2.05) is 19.9 Å². The van der Waals surface area contributed by atoms with Crippen LogP contribution in [0.15, 0.2) is 23.6 Å². The van der Waals surface area contributed by atoms with Crippen LogP contribution in [0.3, 0.4) is 0 Å². The zero-order valence-corrected chi connectivity index (χ0v) is 14.4. The van der Waals surface area contributed by atoms with Crippen molar-refractivity contribution in [3.63, 3.8) is 0 Å². The summed E-state index contributed by atoms with van der Waals surface area (Å²) in [6, 6.07) is 2.46. The van der Waals surface area contributed by atoms with Crippen molar-refractivity contribution in [2.45, 2.75) is 50.6 Å². The summed E-state index contributed by atoms with van der Waals surface area (Å²) < 4.78 is 27.0. The lowest BCUT2D eigenvalue weighted by Gasteiger charge is -2.19. The minimum atomic E-state index is -3.41. The zero-order valence-electron chi connectivity index (χ0n) is 12.8. The standard InChI is InChI=1S/C15H24N2O2S2/c1-4-8-17(9-5-2)21(18,19)15-10-14(20-12(15)3)11-16-13-6-7-13/h4,10,13,16H,1,5-9,11H2,2-3H3. The highest BCUT2D eigenvalue weighted by Gasteiger charge is 2.27. The SMILES string of the molecule is C=CCN(CCC)S(=O)(=O)c1cc(CNC2CC2)sc1C. The van der Waals surface area contributed by atoms with Gasteiger partial charge in [-0.15, -0.1) is 17.9 Å². The monoisotopic (exact) mass is 328 g/mol. The summed E-state index contributed by atoms with van der Waals surface area (Å²) in [6.07, 6.45) is 4.91. The maximum absolute atomic E-state index is 12.8. The third-order valence-electron chi connectivity index (χ3n) is 3.49. The average molecular weight is 329 g/mol. The second-order valence-electron chi connectivity index (χ2n) is 5.44. The molecule has 0 aromatic carbocycles. The third-order valence-corrected chi connectivity index (χ3v) is 6.66. The fraction of sp³-hybridized carbons (Fsp3) is 0.600. The molecule has 1 fully saturated rings. The largest absolute Gasteiger partial charge is 0.309 e. The first-order chi connectivity index (χ1) is 9.98. The first-order valence-electron chi connectivity index (χ1n) is 7.42. The van der Waals surface area contributed by atoms with Gasteiger partial charge in [0.25, 0.3) is 0 Å². The van der Waals surface area contributed by atoms with Crippen molar-refractivity contribution in [3.8, 4) is 0 Å². The Morgan fingerprint density at radius 3 is 2.81 bits per heavy atom. The van der Waals surface area contributed by atoms with Crippen molar-refractivity contribution in [1.82, 2.24) is 9.62 Å². The van der Waals surface area contributed by atoms with E-state index in [4.69, 9.17) is 0 Å². The maximum Gasteiger partial charge on any atom is 0.244 e. The summed E-state index contributed by atoms with van der Waals surface area (Å²) in [5, 5.41) is 3.43. The van der Waals surface area contributed by atoms with Crippen LogP contribution in [-0.2, 0) is 16.6 Å². The van der Waals surface area contributed by atoms with Crippen molar-refractivity contribution >= 4 is 21.4 Å². The van der Waals surface area contributed by atoms with Gasteiger partial charge >= 0.3 is 0 Å². The minimum Gasteiger partial charge on any atom is -0.309 e. The quantitative estimate of drug-likeness (QED) is 0.709. The number of thiophene rings is 1. The second-order valence-corrected chi connectivity index (χ2v) is 8.69. The van der Waals surface area contributed by atoms with E-state index in [0.717, 1.165) is 22.7 Å². The third kappa shape index (κ3) is 4.16. The number of hydrogen-bond donors (Lipinski definition) is 1. The molecule has 118 valence electrons. The highest BCUT2D eigenvalue weighted by atomic mass is 32.2. The van der Waals surface area contributed by atoms with Gasteiger partial charge in [-0.3, -0.25) is 0 Å². The lowest BCUT2D eigenvalue weighted by molar-refractivity contribution is 0.441. The molecule has 1 aliphatic rings. The predicted octanol–water partition coefficient (Wildman–Crippen LogP) is 2.90. The number of hydrogen-bond acceptors (Lipinski definition) is 4. The van der Waals surface area contributed by atoms with Gasteiger partial charge in [0.05, 0.1) is 4.90 Å². The van der Waals surface area contributed by atoms with Crippen molar-refractivity contribution < 1.29 is 8.42 Å². The molecule has 0 radical (unpaired) electrons. The van der Waals surface area contributed by atoms with Gasteiger partial charge in [0.1, 0.15) is 0 Å². The highest BCUT2D eigenvalue weighted by Crippen LogP contribution is 2.29. The zero-order chi connectivity index (χ0) is 15.5. The number of aryl methyl sites for hydroxylation is 1. The van der Waals surface area contributed by atoms with E-state index in [-0.39, 0.29) is 0 Å². The van der Waals surface area contributed by atoms with Gasteiger partial charge in [-0.1, -0.05) is 13.0 Å². The van der Waals surface area contributed by atoms with Crippen LogP contribution < -0.4 is 5.32 Å². The number of sulfonamides is 1. The summed E-state index contributed by atoms with van der Waals surface area (Å²) >= 11 is 1.57. The average Bonchev–Trinajstić information content (AvgIpc) is 3.18. The molecule has 1 aromatic rings. The Morgan fingerprint density at radius 2 is 2.24 bits per heavy atom. The van der Waals surface area contributed by atoms with E-state index in [1.165, 1.54) is 17.1 Å². The number of rotatable bonds is 9. The molecular formula is C15H24N2O2S2. The van der Waals surface area contributed by atoms with Crippen LogP contribution >= 0.6 is 11.3 Å². The summed E-state index contributed by atoms with van der Waals surface area (Å²) in [6.45, 7) is 9.18. The van der Waals surface area contributed by atoms with E-state index in [9.17, 15) is 8.42 Å². The lowest BCUT2D eigenvalue weighted by atomic mass is 10.4. The van der Waals surface area contributed by atoms with Gasteiger partial charge in [0.2, 0.25) is 10.0 Å². The van der Waals surface area contributed by atoms with Crippen LogP contribution in [0.2, 0.25) is 0 Å². The Labute approximate surface area is 131 Å². The maximum atomic E-state index is 12.8. The van der Waals surface area contributed by atoms with Crippen molar-refractivity contribution in [2.24, 2.45) is 0 Å². The second kappa shape index (κ2) is 7.05. The molecule has 1 aromatic heterocycles. The van der Waals surface area contributed by atoms with Crippen LogP contribution in [0.25, 0.3) is 0 Å². The Hall–Kier alpha value is -0.690. The first-order valence-corrected chi connectivity index (χ1v) is 9.68. The molecule has 6 heteroatoms. The predicted molar refractivity (Wildman–Crippen MR) is 88.2 cm³/mol. The molecule has 4 nitrogen and oxygen atoms in total. The number of nitrogens with zero attached hydrogens (tertiary/aromatic N) is 1. The summed E-state index contributed by atoms with van der Waals surface area (Å²) in [5.74, 6) is 0. The Balaban J connectivity index is 2.18. The van der Waals surface area contributed by atoms with Crippen molar-refractivity contribution in [3.05, 3.63) is 28.5 Å². The molecule has 0 aliphatic heterocycles. The van der Waals surface area contributed by atoms with Gasteiger partial charge in [-0.05, 0) is 32.3 Å². The van der Waals surface area contributed by atoms with E-state index >= 15 is 0 Å². The minimum absolute atomic E-state index is 0.362. The molecule has 1 saturated carbocycles. The van der Waals surface area contributed by atoms with Gasteiger partial charge in [-0.25, -0.2) is 8.42 Å². The molecule has 0 bridgehead atoms. The Kier molecular flexibility index (Phi) is 5.60. The molecule has 1 heterocycles. The van der Waals surface area contributed by atoms with E-state index < -0.39 is 10.0 Å². The number of nitrogens with one attached hydrogen (secondary N) is 1. The van der Waals surface area contributed by atoms with Gasteiger partial charge in [0, 0.05) is 35.4 Å². The van der Waals surface area contributed by atoms with Crippen LogP contribution in [0.1, 0.15) is 35.9 Å². The Morgan fingerprint density at radius 1 is 1.52 bits per heavy atom. The lowest BCUT2D eigenvalue weighted by Crippen LogP contribution is -2.32.